The van der Waals surface area contributed by atoms with Crippen molar-refractivity contribution in [3.05, 3.63) is 30.3 Å². The highest BCUT2D eigenvalue weighted by atomic mass is 16.4. The minimum atomic E-state index is -0.786. The van der Waals surface area contributed by atoms with Crippen LogP contribution in [0.2, 0.25) is 0 Å². The second-order valence-corrected chi connectivity index (χ2v) is 6.93. The number of hydrogen-bond donors (Lipinski definition) is 1. The van der Waals surface area contributed by atoms with Crippen LogP contribution in [0.5, 0.6) is 0 Å². The van der Waals surface area contributed by atoms with Gasteiger partial charge in [0.2, 0.25) is 5.91 Å². The van der Waals surface area contributed by atoms with Crippen LogP contribution in [0.4, 0.5) is 5.69 Å². The summed E-state index contributed by atoms with van der Waals surface area (Å²) in [4.78, 5) is 29.7. The van der Waals surface area contributed by atoms with Crippen molar-refractivity contribution in [2.45, 2.75) is 19.3 Å². The molecule has 2 aliphatic heterocycles. The van der Waals surface area contributed by atoms with E-state index in [0.717, 1.165) is 39.1 Å². The van der Waals surface area contributed by atoms with Crippen molar-refractivity contribution in [3.8, 4) is 0 Å². The van der Waals surface area contributed by atoms with Crippen molar-refractivity contribution in [3.63, 3.8) is 0 Å². The summed E-state index contributed by atoms with van der Waals surface area (Å²) in [6.07, 6.45) is 1.95. The van der Waals surface area contributed by atoms with Gasteiger partial charge in [0.25, 0.3) is 0 Å². The molecule has 1 aromatic rings. The molecule has 0 bridgehead atoms. The Hall–Kier alpha value is -2.08. The number of carboxylic acid groups (broad SMARTS) is 1. The quantitative estimate of drug-likeness (QED) is 0.847. The highest BCUT2D eigenvalue weighted by molar-refractivity contribution is 5.78. The van der Waals surface area contributed by atoms with E-state index in [1.54, 1.807) is 4.90 Å². The zero-order chi connectivity index (χ0) is 17.6. The third kappa shape index (κ3) is 4.72. The van der Waals surface area contributed by atoms with Crippen LogP contribution >= 0.6 is 0 Å². The van der Waals surface area contributed by atoms with Gasteiger partial charge in [-0.1, -0.05) is 18.2 Å². The second kappa shape index (κ2) is 8.34. The first-order valence-electron chi connectivity index (χ1n) is 9.16. The van der Waals surface area contributed by atoms with Gasteiger partial charge < -0.3 is 14.9 Å². The van der Waals surface area contributed by atoms with Gasteiger partial charge >= 0.3 is 5.97 Å². The average molecular weight is 345 g/mol. The minimum Gasteiger partial charge on any atom is -0.481 e. The van der Waals surface area contributed by atoms with Crippen LogP contribution in [0, 0.1) is 5.92 Å². The number of nitrogens with zero attached hydrogens (tertiary/aromatic N) is 3. The lowest BCUT2D eigenvalue weighted by molar-refractivity contribution is -0.141. The molecule has 2 fully saturated rings. The molecule has 0 aliphatic carbocycles. The van der Waals surface area contributed by atoms with Crippen molar-refractivity contribution in [2.24, 2.45) is 5.92 Å². The lowest BCUT2D eigenvalue weighted by atomic mass is 10.1. The SMILES string of the molecule is O=C(O)C1CCN(C(=O)CCCN2CCN(c3ccccc3)CC2)C1. The Morgan fingerprint density at radius 3 is 2.40 bits per heavy atom. The van der Waals surface area contributed by atoms with Crippen molar-refractivity contribution >= 4 is 17.6 Å². The van der Waals surface area contributed by atoms with E-state index in [1.165, 1.54) is 5.69 Å². The predicted molar refractivity (Wildman–Crippen MR) is 96.7 cm³/mol. The normalized spacial score (nSPS) is 21.5. The molecular weight excluding hydrogens is 318 g/mol. The molecule has 3 rings (SSSR count). The number of para-hydroxylation sites is 1. The van der Waals surface area contributed by atoms with E-state index in [-0.39, 0.29) is 11.8 Å². The van der Waals surface area contributed by atoms with Gasteiger partial charge in [-0.3, -0.25) is 14.5 Å². The molecule has 1 atom stereocenters. The van der Waals surface area contributed by atoms with E-state index < -0.39 is 5.97 Å². The molecule has 0 spiro atoms. The van der Waals surface area contributed by atoms with E-state index in [0.29, 0.717) is 25.9 Å². The Labute approximate surface area is 149 Å². The molecule has 25 heavy (non-hydrogen) atoms. The molecule has 1 amide bonds. The van der Waals surface area contributed by atoms with Gasteiger partial charge in [-0.15, -0.1) is 0 Å². The maximum atomic E-state index is 12.2. The van der Waals surface area contributed by atoms with E-state index in [2.05, 4.69) is 34.1 Å². The Kier molecular flexibility index (Phi) is 5.91. The third-order valence-electron chi connectivity index (χ3n) is 5.25. The topological polar surface area (TPSA) is 64.1 Å². The van der Waals surface area contributed by atoms with Crippen molar-refractivity contribution in [2.75, 3.05) is 50.7 Å². The van der Waals surface area contributed by atoms with E-state index in [4.69, 9.17) is 5.11 Å². The lowest BCUT2D eigenvalue weighted by Gasteiger charge is -2.36. The summed E-state index contributed by atoms with van der Waals surface area (Å²) in [5, 5.41) is 9.01. The molecule has 0 aromatic heterocycles. The Balaban J connectivity index is 1.34. The zero-order valence-corrected chi connectivity index (χ0v) is 14.6. The molecule has 1 N–H and O–H groups in total. The Morgan fingerprint density at radius 1 is 1.04 bits per heavy atom. The van der Waals surface area contributed by atoms with Crippen LogP contribution < -0.4 is 4.90 Å². The average Bonchev–Trinajstić information content (AvgIpc) is 3.14. The molecule has 1 unspecified atom stereocenters. The number of carbonyl (C=O) groups is 2. The molecule has 136 valence electrons. The number of benzene rings is 1. The molecule has 0 saturated carbocycles. The maximum Gasteiger partial charge on any atom is 0.308 e. The summed E-state index contributed by atoms with van der Waals surface area (Å²) in [5.41, 5.74) is 1.28. The summed E-state index contributed by atoms with van der Waals surface area (Å²) < 4.78 is 0. The number of carboxylic acids is 1. The Morgan fingerprint density at radius 2 is 1.76 bits per heavy atom. The molecule has 0 radical (unpaired) electrons. The van der Waals surface area contributed by atoms with E-state index >= 15 is 0 Å². The van der Waals surface area contributed by atoms with Gasteiger partial charge in [0.15, 0.2) is 0 Å². The zero-order valence-electron chi connectivity index (χ0n) is 14.6. The fourth-order valence-electron chi connectivity index (χ4n) is 3.67. The van der Waals surface area contributed by atoms with Gasteiger partial charge in [-0.2, -0.15) is 0 Å². The number of anilines is 1. The lowest BCUT2D eigenvalue weighted by Crippen LogP contribution is -2.46. The summed E-state index contributed by atoms with van der Waals surface area (Å²) in [7, 11) is 0. The van der Waals surface area contributed by atoms with E-state index in [9.17, 15) is 9.59 Å². The molecule has 6 nitrogen and oxygen atoms in total. The monoisotopic (exact) mass is 345 g/mol. The van der Waals surface area contributed by atoms with Crippen LogP contribution in [0.3, 0.4) is 0 Å². The fraction of sp³-hybridized carbons (Fsp3) is 0.579. The van der Waals surface area contributed by atoms with Crippen molar-refractivity contribution in [1.82, 2.24) is 9.80 Å². The molecule has 2 aliphatic rings. The molecular formula is C19H27N3O3. The number of rotatable bonds is 6. The van der Waals surface area contributed by atoms with E-state index in [1.807, 2.05) is 6.07 Å². The van der Waals surface area contributed by atoms with Gasteiger partial charge in [-0.05, 0) is 31.5 Å². The van der Waals surface area contributed by atoms with Crippen LogP contribution in [0.25, 0.3) is 0 Å². The number of piperazine rings is 1. The smallest absolute Gasteiger partial charge is 0.308 e. The minimum absolute atomic E-state index is 0.103. The first kappa shape index (κ1) is 17.7. The van der Waals surface area contributed by atoms with Crippen LogP contribution in [-0.2, 0) is 9.59 Å². The van der Waals surface area contributed by atoms with Gasteiger partial charge in [-0.25, -0.2) is 0 Å². The largest absolute Gasteiger partial charge is 0.481 e. The summed E-state index contributed by atoms with van der Waals surface area (Å²) in [6, 6.07) is 10.5. The number of likely N-dealkylation sites (tertiary alicyclic amines) is 1. The van der Waals surface area contributed by atoms with Gasteiger partial charge in [0.05, 0.1) is 5.92 Å². The molecule has 2 heterocycles. The standard InChI is InChI=1S/C19H27N3O3/c23-18(22-10-8-16(15-22)19(24)25)7-4-9-20-11-13-21(14-12-20)17-5-2-1-3-6-17/h1-3,5-6,16H,4,7-15H2,(H,24,25). The number of hydrogen-bond acceptors (Lipinski definition) is 4. The number of amides is 1. The second-order valence-electron chi connectivity index (χ2n) is 6.93. The summed E-state index contributed by atoms with van der Waals surface area (Å²) >= 11 is 0. The highest BCUT2D eigenvalue weighted by Crippen LogP contribution is 2.18. The molecule has 1 aromatic carbocycles. The molecule has 2 saturated heterocycles. The fourth-order valence-corrected chi connectivity index (χ4v) is 3.67. The van der Waals surface area contributed by atoms with Crippen molar-refractivity contribution in [1.29, 1.82) is 0 Å². The maximum absolute atomic E-state index is 12.2. The van der Waals surface area contributed by atoms with Gasteiger partial charge in [0, 0.05) is 51.4 Å². The number of carbonyl (C=O) groups excluding carboxylic acids is 1. The number of aliphatic carboxylic acids is 1. The third-order valence-corrected chi connectivity index (χ3v) is 5.25. The summed E-state index contributed by atoms with van der Waals surface area (Å²) in [6.45, 7) is 5.98. The Bertz CT molecular complexity index is 585. The predicted octanol–water partition coefficient (Wildman–Crippen LogP) is 1.52. The first-order chi connectivity index (χ1) is 12.1. The van der Waals surface area contributed by atoms with Crippen LogP contribution in [0.15, 0.2) is 30.3 Å². The van der Waals surface area contributed by atoms with Crippen molar-refractivity contribution < 1.29 is 14.7 Å². The first-order valence-corrected chi connectivity index (χ1v) is 9.16. The van der Waals surface area contributed by atoms with Crippen LogP contribution in [-0.4, -0.2) is 72.6 Å². The molecule has 6 heteroatoms. The van der Waals surface area contributed by atoms with Gasteiger partial charge in [0.1, 0.15) is 0 Å². The highest BCUT2D eigenvalue weighted by Gasteiger charge is 2.30. The van der Waals surface area contributed by atoms with Crippen LogP contribution in [0.1, 0.15) is 19.3 Å². The summed E-state index contributed by atoms with van der Waals surface area (Å²) in [5.74, 6) is -1.06.